The number of nitrogens with two attached hydrogens (primary N) is 1. The molecule has 0 aromatic heterocycles. The third kappa shape index (κ3) is 4.68. The quantitative estimate of drug-likeness (QED) is 0.453. The Labute approximate surface area is 115 Å². The first-order valence-corrected chi connectivity index (χ1v) is 7.71. The molecular formula is C10H17N3O6S. The molecule has 2 atom stereocenters. The van der Waals surface area contributed by atoms with Crippen molar-refractivity contribution in [3.63, 3.8) is 0 Å². The Kier molecular flexibility index (Phi) is 5.31. The lowest BCUT2D eigenvalue weighted by atomic mass is 10.2. The van der Waals surface area contributed by atoms with E-state index >= 15 is 0 Å². The Bertz CT molecular complexity index is 503. The van der Waals surface area contributed by atoms with Crippen molar-refractivity contribution in [3.8, 4) is 0 Å². The van der Waals surface area contributed by atoms with E-state index in [1.54, 1.807) is 0 Å². The summed E-state index contributed by atoms with van der Waals surface area (Å²) >= 11 is 0. The number of amides is 3. The fourth-order valence-corrected chi connectivity index (χ4v) is 3.67. The van der Waals surface area contributed by atoms with E-state index in [0.717, 1.165) is 0 Å². The summed E-state index contributed by atoms with van der Waals surface area (Å²) in [5.41, 5.74) is 4.86. The van der Waals surface area contributed by atoms with E-state index in [1.807, 2.05) is 0 Å². The summed E-state index contributed by atoms with van der Waals surface area (Å²) in [5.74, 6) is -2.16. The molecule has 114 valence electrons. The number of sulfone groups is 1. The molecule has 0 aromatic carbocycles. The number of carbonyl (C=O) groups excluding carboxylic acids is 2. The molecule has 0 saturated carbocycles. The van der Waals surface area contributed by atoms with Gasteiger partial charge in [0.1, 0.15) is 6.04 Å². The maximum absolute atomic E-state index is 11.5. The van der Waals surface area contributed by atoms with Gasteiger partial charge in [-0.2, -0.15) is 0 Å². The maximum Gasteiger partial charge on any atom is 0.326 e. The minimum Gasteiger partial charge on any atom is -0.480 e. The first-order valence-electron chi connectivity index (χ1n) is 5.99. The lowest BCUT2D eigenvalue weighted by Crippen LogP contribution is -2.49. The number of aliphatic carboxylic acids is 1. The molecule has 1 saturated heterocycles. The second-order valence-corrected chi connectivity index (χ2v) is 6.95. The summed E-state index contributed by atoms with van der Waals surface area (Å²) in [5, 5.41) is 12.5. The number of hydrogen-bond acceptors (Lipinski definition) is 5. The number of urea groups is 1. The largest absolute Gasteiger partial charge is 0.480 e. The smallest absolute Gasteiger partial charge is 0.326 e. The third-order valence-corrected chi connectivity index (χ3v) is 5.24. The van der Waals surface area contributed by atoms with Crippen molar-refractivity contribution in [1.82, 2.24) is 10.6 Å². The highest BCUT2D eigenvalue weighted by molar-refractivity contribution is 7.92. The van der Waals surface area contributed by atoms with Gasteiger partial charge in [-0.1, -0.05) is 0 Å². The minimum atomic E-state index is -3.18. The zero-order valence-corrected chi connectivity index (χ0v) is 11.5. The zero-order chi connectivity index (χ0) is 15.3. The van der Waals surface area contributed by atoms with Gasteiger partial charge in [-0.05, 0) is 12.8 Å². The Hall–Kier alpha value is -1.84. The number of nitrogens with one attached hydrogen (secondary N) is 2. The van der Waals surface area contributed by atoms with Crippen LogP contribution in [0.3, 0.4) is 0 Å². The topological polar surface area (TPSA) is 156 Å². The van der Waals surface area contributed by atoms with Gasteiger partial charge in [-0.25, -0.2) is 18.0 Å². The highest BCUT2D eigenvalue weighted by Crippen LogP contribution is 2.18. The molecule has 1 heterocycles. The van der Waals surface area contributed by atoms with Gasteiger partial charge in [0, 0.05) is 6.54 Å². The van der Waals surface area contributed by atoms with E-state index in [0.29, 0.717) is 12.8 Å². The second-order valence-electron chi connectivity index (χ2n) is 4.55. The molecule has 10 heteroatoms. The molecule has 20 heavy (non-hydrogen) atoms. The molecule has 0 spiro atoms. The number of carbonyl (C=O) groups is 3. The maximum atomic E-state index is 11.5. The van der Waals surface area contributed by atoms with Gasteiger partial charge in [0.15, 0.2) is 9.84 Å². The Morgan fingerprint density at radius 1 is 1.35 bits per heavy atom. The Morgan fingerprint density at radius 3 is 2.45 bits per heavy atom. The average molecular weight is 307 g/mol. The lowest BCUT2D eigenvalue weighted by molar-refractivity contribution is -0.140. The average Bonchev–Trinajstić information content (AvgIpc) is 2.64. The van der Waals surface area contributed by atoms with Gasteiger partial charge in [-0.3, -0.25) is 4.79 Å². The molecule has 1 rings (SSSR count). The number of rotatable bonds is 6. The number of carboxylic acids is 1. The standard InChI is InChI=1S/C10H17N3O6S/c11-8(14)4-7(9(15)16)13-10(17)12-5-6-2-1-3-20(6,18)19/h6-7H,1-5H2,(H2,11,14)(H,15,16)(H2,12,13,17). The van der Waals surface area contributed by atoms with E-state index in [1.165, 1.54) is 0 Å². The van der Waals surface area contributed by atoms with Gasteiger partial charge < -0.3 is 21.5 Å². The van der Waals surface area contributed by atoms with Crippen molar-refractivity contribution in [1.29, 1.82) is 0 Å². The molecule has 0 bridgehead atoms. The van der Waals surface area contributed by atoms with Crippen molar-refractivity contribution in [2.45, 2.75) is 30.6 Å². The van der Waals surface area contributed by atoms with Crippen molar-refractivity contribution in [2.75, 3.05) is 12.3 Å². The van der Waals surface area contributed by atoms with Crippen molar-refractivity contribution < 1.29 is 27.9 Å². The van der Waals surface area contributed by atoms with Gasteiger partial charge in [0.05, 0.1) is 17.4 Å². The molecule has 1 aliphatic rings. The molecule has 3 amide bonds. The number of hydrogen-bond donors (Lipinski definition) is 4. The van der Waals surface area contributed by atoms with Crippen LogP contribution in [0.2, 0.25) is 0 Å². The van der Waals surface area contributed by atoms with E-state index in [-0.39, 0.29) is 12.3 Å². The molecule has 1 fully saturated rings. The van der Waals surface area contributed by atoms with Crippen LogP contribution in [0.4, 0.5) is 4.79 Å². The second kappa shape index (κ2) is 6.55. The predicted octanol–water partition coefficient (Wildman–Crippen LogP) is -1.81. The van der Waals surface area contributed by atoms with Crippen LogP contribution in [0.1, 0.15) is 19.3 Å². The van der Waals surface area contributed by atoms with E-state index in [9.17, 15) is 22.8 Å². The van der Waals surface area contributed by atoms with E-state index < -0.39 is 45.5 Å². The van der Waals surface area contributed by atoms with Crippen LogP contribution >= 0.6 is 0 Å². The van der Waals surface area contributed by atoms with Gasteiger partial charge >= 0.3 is 12.0 Å². The third-order valence-electron chi connectivity index (χ3n) is 2.96. The summed E-state index contributed by atoms with van der Waals surface area (Å²) in [6.07, 6.45) is 0.479. The monoisotopic (exact) mass is 307 g/mol. The highest BCUT2D eigenvalue weighted by Gasteiger charge is 2.31. The molecular weight excluding hydrogens is 290 g/mol. The molecule has 0 radical (unpaired) electrons. The van der Waals surface area contributed by atoms with E-state index in [2.05, 4.69) is 10.6 Å². The first kappa shape index (κ1) is 16.2. The lowest BCUT2D eigenvalue weighted by Gasteiger charge is -2.15. The summed E-state index contributed by atoms with van der Waals surface area (Å²) in [4.78, 5) is 32.9. The highest BCUT2D eigenvalue weighted by atomic mass is 32.2. The van der Waals surface area contributed by atoms with E-state index in [4.69, 9.17) is 10.8 Å². The molecule has 0 aromatic rings. The van der Waals surface area contributed by atoms with Crippen LogP contribution in [-0.2, 0) is 19.4 Å². The first-order chi connectivity index (χ1) is 9.22. The fourth-order valence-electron chi connectivity index (χ4n) is 1.90. The summed E-state index contributed by atoms with van der Waals surface area (Å²) < 4.78 is 23.0. The molecule has 1 aliphatic heterocycles. The van der Waals surface area contributed by atoms with Crippen LogP contribution in [0.5, 0.6) is 0 Å². The van der Waals surface area contributed by atoms with Crippen LogP contribution in [0.25, 0.3) is 0 Å². The summed E-state index contributed by atoms with van der Waals surface area (Å²) in [6.45, 7) is -0.0862. The normalized spacial score (nSPS) is 21.9. The van der Waals surface area contributed by atoms with Crippen LogP contribution in [0.15, 0.2) is 0 Å². The fraction of sp³-hybridized carbons (Fsp3) is 0.700. The summed E-state index contributed by atoms with van der Waals surface area (Å²) in [7, 11) is -3.18. The summed E-state index contributed by atoms with van der Waals surface area (Å²) in [6, 6.07) is -2.28. The number of primary amides is 1. The van der Waals surface area contributed by atoms with Gasteiger partial charge in [-0.15, -0.1) is 0 Å². The molecule has 5 N–H and O–H groups in total. The van der Waals surface area contributed by atoms with Crippen LogP contribution < -0.4 is 16.4 Å². The zero-order valence-electron chi connectivity index (χ0n) is 10.7. The Balaban J connectivity index is 2.46. The van der Waals surface area contributed by atoms with Crippen molar-refractivity contribution in [3.05, 3.63) is 0 Å². The molecule has 2 unspecified atom stereocenters. The van der Waals surface area contributed by atoms with Gasteiger partial charge in [0.2, 0.25) is 5.91 Å². The van der Waals surface area contributed by atoms with Gasteiger partial charge in [0.25, 0.3) is 0 Å². The minimum absolute atomic E-state index is 0.0862. The predicted molar refractivity (Wildman–Crippen MR) is 68.6 cm³/mol. The number of carboxylic acid groups (broad SMARTS) is 1. The molecule has 9 nitrogen and oxygen atoms in total. The molecule has 0 aliphatic carbocycles. The van der Waals surface area contributed by atoms with Crippen LogP contribution in [0, 0.1) is 0 Å². The van der Waals surface area contributed by atoms with Crippen molar-refractivity contribution >= 4 is 27.7 Å². The SMILES string of the molecule is NC(=O)CC(NC(=O)NCC1CCCS1(=O)=O)C(=O)O. The Morgan fingerprint density at radius 2 is 2.00 bits per heavy atom. The van der Waals surface area contributed by atoms with Crippen LogP contribution in [-0.4, -0.2) is 55.0 Å². The van der Waals surface area contributed by atoms with Crippen molar-refractivity contribution in [2.24, 2.45) is 5.73 Å².